The monoisotopic (exact) mass is 510 g/mol. The molecule has 0 spiro atoms. The summed E-state index contributed by atoms with van der Waals surface area (Å²) in [6.07, 6.45) is 2.54. The molecule has 188 valence electrons. The van der Waals surface area contributed by atoms with E-state index in [1.165, 1.54) is 31.4 Å². The lowest BCUT2D eigenvalue weighted by atomic mass is 10.0. The van der Waals surface area contributed by atoms with Crippen LogP contribution in [0.1, 0.15) is 20.8 Å². The molecule has 5 aromatic rings. The first kappa shape index (κ1) is 24.5. The lowest BCUT2D eigenvalue weighted by molar-refractivity contribution is 0.0957. The fourth-order valence-corrected chi connectivity index (χ4v) is 4.01. The van der Waals surface area contributed by atoms with Crippen LogP contribution < -0.4 is 15.4 Å². The van der Waals surface area contributed by atoms with E-state index in [1.807, 2.05) is 6.07 Å². The van der Waals surface area contributed by atoms with Crippen molar-refractivity contribution in [2.24, 2.45) is 0 Å². The summed E-state index contributed by atoms with van der Waals surface area (Å²) in [7, 11) is 1.52. The number of carbonyl (C=O) groups is 2. The van der Waals surface area contributed by atoms with Gasteiger partial charge in [-0.1, -0.05) is 36.4 Å². The zero-order chi connectivity index (χ0) is 26.6. The minimum absolute atomic E-state index is 0.213. The van der Waals surface area contributed by atoms with Gasteiger partial charge in [0.25, 0.3) is 11.8 Å². The molecule has 38 heavy (non-hydrogen) atoms. The highest BCUT2D eigenvalue weighted by Crippen LogP contribution is 2.32. The van der Waals surface area contributed by atoms with Crippen LogP contribution in [0.3, 0.4) is 0 Å². The molecule has 9 heteroatoms. The van der Waals surface area contributed by atoms with Gasteiger partial charge >= 0.3 is 0 Å². The SMILES string of the molecule is CNC(=O)c1cc(Oc2cccc3c(C(=O)Nc4ccc(-c5c(F)ccnc5F)cc4)cccc23)ccn1. The number of hydrogen-bond acceptors (Lipinski definition) is 5. The molecular weight excluding hydrogens is 490 g/mol. The van der Waals surface area contributed by atoms with Gasteiger partial charge in [0, 0.05) is 42.1 Å². The number of carbonyl (C=O) groups excluding carboxylic acids is 2. The van der Waals surface area contributed by atoms with Crippen molar-refractivity contribution in [3.05, 3.63) is 114 Å². The topological polar surface area (TPSA) is 93.2 Å². The van der Waals surface area contributed by atoms with Gasteiger partial charge < -0.3 is 15.4 Å². The van der Waals surface area contributed by atoms with E-state index in [9.17, 15) is 18.4 Å². The number of halogens is 2. The van der Waals surface area contributed by atoms with Crippen LogP contribution in [0, 0.1) is 11.8 Å². The molecule has 0 atom stereocenters. The van der Waals surface area contributed by atoms with Crippen LogP contribution in [-0.2, 0) is 0 Å². The van der Waals surface area contributed by atoms with Gasteiger partial charge in [0.1, 0.15) is 23.0 Å². The molecular formula is C29H20F2N4O3. The van der Waals surface area contributed by atoms with Crippen molar-refractivity contribution in [2.45, 2.75) is 0 Å². The molecule has 2 amide bonds. The molecule has 0 radical (unpaired) electrons. The number of nitrogens with one attached hydrogen (secondary N) is 2. The molecule has 0 unspecified atom stereocenters. The number of nitrogens with zero attached hydrogens (tertiary/aromatic N) is 2. The molecule has 0 saturated carbocycles. The van der Waals surface area contributed by atoms with Crippen LogP contribution >= 0.6 is 0 Å². The summed E-state index contributed by atoms with van der Waals surface area (Å²) in [5.41, 5.74) is 1.14. The minimum Gasteiger partial charge on any atom is -0.457 e. The normalized spacial score (nSPS) is 10.7. The second-order valence-electron chi connectivity index (χ2n) is 8.20. The summed E-state index contributed by atoms with van der Waals surface area (Å²) in [6.45, 7) is 0. The third-order valence-electron chi connectivity index (χ3n) is 5.83. The average molecular weight is 511 g/mol. The summed E-state index contributed by atoms with van der Waals surface area (Å²) >= 11 is 0. The van der Waals surface area contributed by atoms with E-state index in [1.54, 1.807) is 48.5 Å². The molecule has 7 nitrogen and oxygen atoms in total. The Bertz CT molecular complexity index is 1650. The Balaban J connectivity index is 1.40. The molecule has 0 aliphatic carbocycles. The summed E-state index contributed by atoms with van der Waals surface area (Å²) in [5.74, 6) is -1.42. The Morgan fingerprint density at radius 1 is 0.816 bits per heavy atom. The third kappa shape index (κ3) is 4.90. The van der Waals surface area contributed by atoms with Crippen molar-refractivity contribution in [3.63, 3.8) is 0 Å². The van der Waals surface area contributed by atoms with E-state index >= 15 is 0 Å². The van der Waals surface area contributed by atoms with Gasteiger partial charge in [0.15, 0.2) is 0 Å². The Kier molecular flexibility index (Phi) is 6.73. The highest BCUT2D eigenvalue weighted by atomic mass is 19.1. The highest BCUT2D eigenvalue weighted by Gasteiger charge is 2.15. The highest BCUT2D eigenvalue weighted by molar-refractivity contribution is 6.13. The summed E-state index contributed by atoms with van der Waals surface area (Å²) in [4.78, 5) is 32.6. The van der Waals surface area contributed by atoms with E-state index < -0.39 is 11.8 Å². The van der Waals surface area contributed by atoms with Crippen LogP contribution in [0.2, 0.25) is 0 Å². The maximum atomic E-state index is 14.1. The Morgan fingerprint density at radius 3 is 2.32 bits per heavy atom. The molecule has 0 saturated heterocycles. The first-order valence-electron chi connectivity index (χ1n) is 11.5. The zero-order valence-corrected chi connectivity index (χ0v) is 20.0. The maximum Gasteiger partial charge on any atom is 0.269 e. The van der Waals surface area contributed by atoms with Crippen molar-refractivity contribution in [3.8, 4) is 22.6 Å². The number of amides is 2. The number of anilines is 1. The van der Waals surface area contributed by atoms with Crippen molar-refractivity contribution in [2.75, 3.05) is 12.4 Å². The third-order valence-corrected chi connectivity index (χ3v) is 5.83. The van der Waals surface area contributed by atoms with Crippen molar-refractivity contribution in [1.82, 2.24) is 15.3 Å². The van der Waals surface area contributed by atoms with Gasteiger partial charge in [-0.15, -0.1) is 0 Å². The number of benzene rings is 3. The fraction of sp³-hybridized carbons (Fsp3) is 0.0345. The number of ether oxygens (including phenoxy) is 1. The Labute approximate surface area is 216 Å². The van der Waals surface area contributed by atoms with Crippen LogP contribution in [-0.4, -0.2) is 28.8 Å². The average Bonchev–Trinajstić information content (AvgIpc) is 2.93. The smallest absolute Gasteiger partial charge is 0.269 e. The molecule has 0 aliphatic heterocycles. The van der Waals surface area contributed by atoms with Crippen LogP contribution in [0.4, 0.5) is 14.5 Å². The minimum atomic E-state index is -0.910. The lowest BCUT2D eigenvalue weighted by Crippen LogP contribution is -2.18. The maximum absolute atomic E-state index is 14.1. The predicted octanol–water partition coefficient (Wildman–Crippen LogP) is 5.98. The number of hydrogen-bond donors (Lipinski definition) is 2. The number of aromatic nitrogens is 2. The van der Waals surface area contributed by atoms with Gasteiger partial charge in [-0.25, -0.2) is 9.37 Å². The molecule has 2 N–H and O–H groups in total. The standard InChI is InChI=1S/C29H20F2N4O3/c1-32-29(37)24-16-19(12-14-33-24)38-25-7-3-4-20-21(25)5-2-6-22(20)28(36)35-18-10-8-17(9-11-18)26-23(30)13-15-34-27(26)31/h2-16H,1H3,(H,32,37)(H,35,36). The van der Waals surface area contributed by atoms with E-state index in [0.29, 0.717) is 39.1 Å². The fourth-order valence-electron chi connectivity index (χ4n) is 4.01. The second kappa shape index (κ2) is 10.4. The van der Waals surface area contributed by atoms with Crippen LogP contribution in [0.5, 0.6) is 11.5 Å². The number of rotatable bonds is 6. The van der Waals surface area contributed by atoms with Crippen LogP contribution in [0.25, 0.3) is 21.9 Å². The molecule has 2 aromatic heterocycles. The summed E-state index contributed by atoms with van der Waals surface area (Å²) < 4.78 is 34.1. The van der Waals surface area contributed by atoms with Crippen molar-refractivity contribution < 1.29 is 23.1 Å². The lowest BCUT2D eigenvalue weighted by Gasteiger charge is -2.13. The first-order valence-corrected chi connectivity index (χ1v) is 11.5. The van der Waals surface area contributed by atoms with Gasteiger partial charge in [0.2, 0.25) is 5.95 Å². The Hall–Kier alpha value is -5.18. The van der Waals surface area contributed by atoms with Crippen molar-refractivity contribution >= 4 is 28.3 Å². The zero-order valence-electron chi connectivity index (χ0n) is 20.0. The number of pyridine rings is 2. The molecule has 3 aromatic carbocycles. The van der Waals surface area contributed by atoms with E-state index in [0.717, 1.165) is 12.3 Å². The van der Waals surface area contributed by atoms with E-state index in [4.69, 9.17) is 4.74 Å². The molecule has 2 heterocycles. The second-order valence-corrected chi connectivity index (χ2v) is 8.20. The van der Waals surface area contributed by atoms with Gasteiger partial charge in [-0.3, -0.25) is 14.6 Å². The van der Waals surface area contributed by atoms with Crippen molar-refractivity contribution in [1.29, 1.82) is 0 Å². The van der Waals surface area contributed by atoms with Gasteiger partial charge in [-0.05, 0) is 47.3 Å². The van der Waals surface area contributed by atoms with Gasteiger partial charge in [0.05, 0.1) is 5.56 Å². The predicted molar refractivity (Wildman–Crippen MR) is 139 cm³/mol. The van der Waals surface area contributed by atoms with E-state index in [2.05, 4.69) is 20.6 Å². The molecule has 0 aliphatic rings. The number of fused-ring (bicyclic) bond motifs is 1. The molecule has 0 bridgehead atoms. The largest absolute Gasteiger partial charge is 0.457 e. The summed E-state index contributed by atoms with van der Waals surface area (Å²) in [5, 5.41) is 6.68. The van der Waals surface area contributed by atoms with Gasteiger partial charge in [-0.2, -0.15) is 4.39 Å². The first-order chi connectivity index (χ1) is 18.4. The molecule has 5 rings (SSSR count). The molecule has 0 fully saturated rings. The quantitative estimate of drug-likeness (QED) is 0.274. The van der Waals surface area contributed by atoms with E-state index in [-0.39, 0.29) is 23.1 Å². The summed E-state index contributed by atoms with van der Waals surface area (Å²) in [6, 6.07) is 21.0. The van der Waals surface area contributed by atoms with Crippen LogP contribution in [0.15, 0.2) is 91.3 Å². The Morgan fingerprint density at radius 2 is 1.55 bits per heavy atom.